The van der Waals surface area contributed by atoms with E-state index in [1.807, 2.05) is 11.9 Å². The Hall–Kier alpha value is -1.56. The number of likely N-dealkylation sites (N-methyl/N-ethyl adjacent to an activating group) is 1. The molecule has 1 aromatic heterocycles. The first kappa shape index (κ1) is 13.9. The molecule has 1 aliphatic rings. The molecule has 0 amide bonds. The van der Waals surface area contributed by atoms with Gasteiger partial charge in [-0.05, 0) is 12.8 Å². The molecule has 0 aliphatic heterocycles. The summed E-state index contributed by atoms with van der Waals surface area (Å²) in [6, 6.07) is 0. The van der Waals surface area contributed by atoms with Crippen LogP contribution < -0.4 is 21.1 Å². The summed E-state index contributed by atoms with van der Waals surface area (Å²) < 4.78 is 5.55. The SMILES string of the molecule is COc1c(C2CCCC2)nc(N)nc1N(C)CCN. The molecule has 6 nitrogen and oxygen atoms in total. The van der Waals surface area contributed by atoms with Gasteiger partial charge in [-0.3, -0.25) is 0 Å². The maximum atomic E-state index is 5.85. The predicted molar refractivity (Wildman–Crippen MR) is 76.5 cm³/mol. The van der Waals surface area contributed by atoms with Crippen LogP contribution >= 0.6 is 0 Å². The van der Waals surface area contributed by atoms with E-state index in [1.165, 1.54) is 12.8 Å². The molecule has 1 heterocycles. The second-order valence-electron chi connectivity index (χ2n) is 5.02. The van der Waals surface area contributed by atoms with Crippen molar-refractivity contribution in [2.45, 2.75) is 31.6 Å². The number of anilines is 2. The molecule has 0 unspecified atom stereocenters. The minimum atomic E-state index is 0.307. The zero-order valence-corrected chi connectivity index (χ0v) is 11.7. The van der Waals surface area contributed by atoms with Crippen LogP contribution in [-0.4, -0.2) is 37.2 Å². The van der Waals surface area contributed by atoms with Gasteiger partial charge < -0.3 is 21.1 Å². The normalized spacial score (nSPS) is 15.7. The fourth-order valence-electron chi connectivity index (χ4n) is 2.70. The van der Waals surface area contributed by atoms with Gasteiger partial charge >= 0.3 is 0 Å². The summed E-state index contributed by atoms with van der Waals surface area (Å²) >= 11 is 0. The molecule has 0 saturated heterocycles. The van der Waals surface area contributed by atoms with Crippen molar-refractivity contribution < 1.29 is 4.74 Å². The Morgan fingerprint density at radius 1 is 1.32 bits per heavy atom. The number of rotatable bonds is 5. The van der Waals surface area contributed by atoms with E-state index in [2.05, 4.69) is 9.97 Å². The fraction of sp³-hybridized carbons (Fsp3) is 0.692. The Kier molecular flexibility index (Phi) is 4.42. The molecular formula is C13H23N5O. The van der Waals surface area contributed by atoms with E-state index in [4.69, 9.17) is 16.2 Å². The van der Waals surface area contributed by atoms with Crippen LogP contribution in [0.2, 0.25) is 0 Å². The second kappa shape index (κ2) is 6.06. The molecule has 4 N–H and O–H groups in total. The van der Waals surface area contributed by atoms with Crippen molar-refractivity contribution in [3.63, 3.8) is 0 Å². The first-order chi connectivity index (χ1) is 9.17. The summed E-state index contributed by atoms with van der Waals surface area (Å²) in [6.45, 7) is 1.26. The van der Waals surface area contributed by atoms with Crippen molar-refractivity contribution in [3.8, 4) is 5.75 Å². The van der Waals surface area contributed by atoms with Gasteiger partial charge in [-0.15, -0.1) is 0 Å². The summed E-state index contributed by atoms with van der Waals surface area (Å²) in [5, 5.41) is 0. The second-order valence-corrected chi connectivity index (χ2v) is 5.02. The van der Waals surface area contributed by atoms with E-state index in [-0.39, 0.29) is 0 Å². The highest BCUT2D eigenvalue weighted by Crippen LogP contribution is 2.41. The number of aromatic nitrogens is 2. The Balaban J connectivity index is 2.41. The van der Waals surface area contributed by atoms with E-state index < -0.39 is 0 Å². The van der Waals surface area contributed by atoms with Gasteiger partial charge in [-0.25, -0.2) is 4.98 Å². The molecule has 1 aliphatic carbocycles. The number of nitrogen functional groups attached to an aromatic ring is 1. The molecule has 1 saturated carbocycles. The number of nitrogens with zero attached hydrogens (tertiary/aromatic N) is 3. The zero-order valence-electron chi connectivity index (χ0n) is 11.7. The minimum absolute atomic E-state index is 0.307. The first-order valence-corrected chi connectivity index (χ1v) is 6.80. The Labute approximate surface area is 114 Å². The van der Waals surface area contributed by atoms with Gasteiger partial charge in [0.15, 0.2) is 11.6 Å². The van der Waals surface area contributed by atoms with Crippen molar-refractivity contribution in [1.29, 1.82) is 0 Å². The lowest BCUT2D eigenvalue weighted by atomic mass is 10.0. The lowest BCUT2D eigenvalue weighted by Gasteiger charge is -2.23. The van der Waals surface area contributed by atoms with E-state index >= 15 is 0 Å². The van der Waals surface area contributed by atoms with Gasteiger partial charge in [0.2, 0.25) is 5.95 Å². The summed E-state index contributed by atoms with van der Waals surface area (Å²) in [6.07, 6.45) is 4.77. The summed E-state index contributed by atoms with van der Waals surface area (Å²) in [7, 11) is 3.60. The molecule has 2 rings (SSSR count). The van der Waals surface area contributed by atoms with E-state index in [0.29, 0.717) is 25.0 Å². The lowest BCUT2D eigenvalue weighted by Crippen LogP contribution is -2.27. The third kappa shape index (κ3) is 2.89. The average molecular weight is 265 g/mol. The fourth-order valence-corrected chi connectivity index (χ4v) is 2.70. The first-order valence-electron chi connectivity index (χ1n) is 6.80. The number of methoxy groups -OCH3 is 1. The monoisotopic (exact) mass is 265 g/mol. The average Bonchev–Trinajstić information content (AvgIpc) is 2.91. The van der Waals surface area contributed by atoms with Crippen LogP contribution in [0.1, 0.15) is 37.3 Å². The van der Waals surface area contributed by atoms with Crippen molar-refractivity contribution >= 4 is 11.8 Å². The van der Waals surface area contributed by atoms with Gasteiger partial charge in [0, 0.05) is 26.1 Å². The third-order valence-electron chi connectivity index (χ3n) is 3.66. The van der Waals surface area contributed by atoms with Crippen molar-refractivity contribution in [2.24, 2.45) is 5.73 Å². The third-order valence-corrected chi connectivity index (χ3v) is 3.66. The Morgan fingerprint density at radius 2 is 2.00 bits per heavy atom. The molecule has 0 atom stereocenters. The molecular weight excluding hydrogens is 242 g/mol. The van der Waals surface area contributed by atoms with Crippen molar-refractivity contribution in [2.75, 3.05) is 37.9 Å². The zero-order chi connectivity index (χ0) is 13.8. The largest absolute Gasteiger partial charge is 0.491 e. The Bertz CT molecular complexity index is 431. The van der Waals surface area contributed by atoms with Crippen LogP contribution in [0.4, 0.5) is 11.8 Å². The highest BCUT2D eigenvalue weighted by molar-refractivity contribution is 5.57. The number of ether oxygens (including phenoxy) is 1. The molecule has 1 fully saturated rings. The topological polar surface area (TPSA) is 90.3 Å². The molecule has 1 aromatic rings. The van der Waals surface area contributed by atoms with Gasteiger partial charge in [-0.1, -0.05) is 12.8 Å². The van der Waals surface area contributed by atoms with Gasteiger partial charge in [0.1, 0.15) is 0 Å². The number of hydrogen-bond acceptors (Lipinski definition) is 6. The number of nitrogens with two attached hydrogens (primary N) is 2. The van der Waals surface area contributed by atoms with Crippen LogP contribution in [0.25, 0.3) is 0 Å². The standard InChI is InChI=1S/C13H23N5O/c1-18(8-7-14)12-11(19-2)10(16-13(15)17-12)9-5-3-4-6-9/h9H,3-8,14H2,1-2H3,(H2,15,16,17). The van der Waals surface area contributed by atoms with Crippen LogP contribution in [0, 0.1) is 0 Å². The molecule has 19 heavy (non-hydrogen) atoms. The highest BCUT2D eigenvalue weighted by atomic mass is 16.5. The van der Waals surface area contributed by atoms with Crippen LogP contribution in [0.3, 0.4) is 0 Å². The van der Waals surface area contributed by atoms with E-state index in [9.17, 15) is 0 Å². The van der Waals surface area contributed by atoms with Crippen LogP contribution in [-0.2, 0) is 0 Å². The highest BCUT2D eigenvalue weighted by Gasteiger charge is 2.26. The predicted octanol–water partition coefficient (Wildman–Crippen LogP) is 1.12. The quantitative estimate of drug-likeness (QED) is 0.829. The summed E-state index contributed by atoms with van der Waals surface area (Å²) in [4.78, 5) is 10.7. The lowest BCUT2D eigenvalue weighted by molar-refractivity contribution is 0.400. The maximum Gasteiger partial charge on any atom is 0.222 e. The van der Waals surface area contributed by atoms with Gasteiger partial charge in [-0.2, -0.15) is 4.98 Å². The minimum Gasteiger partial charge on any atom is -0.491 e. The Morgan fingerprint density at radius 3 is 2.58 bits per heavy atom. The molecule has 0 aromatic carbocycles. The maximum absolute atomic E-state index is 5.85. The molecule has 106 valence electrons. The molecule has 0 radical (unpaired) electrons. The number of hydrogen-bond donors (Lipinski definition) is 2. The van der Waals surface area contributed by atoms with E-state index in [0.717, 1.165) is 30.1 Å². The molecule has 0 bridgehead atoms. The van der Waals surface area contributed by atoms with Crippen LogP contribution in [0.15, 0.2) is 0 Å². The smallest absolute Gasteiger partial charge is 0.222 e. The van der Waals surface area contributed by atoms with Gasteiger partial charge in [0.05, 0.1) is 12.8 Å². The van der Waals surface area contributed by atoms with E-state index in [1.54, 1.807) is 7.11 Å². The van der Waals surface area contributed by atoms with Crippen LogP contribution in [0.5, 0.6) is 5.75 Å². The summed E-state index contributed by atoms with van der Waals surface area (Å²) in [5.74, 6) is 2.23. The molecule has 6 heteroatoms. The summed E-state index contributed by atoms with van der Waals surface area (Å²) in [5.41, 5.74) is 12.4. The van der Waals surface area contributed by atoms with Crippen molar-refractivity contribution in [1.82, 2.24) is 9.97 Å². The van der Waals surface area contributed by atoms with Gasteiger partial charge in [0.25, 0.3) is 0 Å². The van der Waals surface area contributed by atoms with Crippen molar-refractivity contribution in [3.05, 3.63) is 5.69 Å². The molecule has 0 spiro atoms.